The van der Waals surface area contributed by atoms with Crippen molar-refractivity contribution in [3.63, 3.8) is 0 Å². The SMILES string of the molecule is CCCCCCCCOC(=O)CCCCCCCCC(=O)OCC=C(C)C. The van der Waals surface area contributed by atoms with Crippen molar-refractivity contribution in [1.82, 2.24) is 0 Å². The van der Waals surface area contributed by atoms with E-state index in [2.05, 4.69) is 6.92 Å². The number of hydrogen-bond acceptors (Lipinski definition) is 4. The molecule has 4 heteroatoms. The van der Waals surface area contributed by atoms with Gasteiger partial charge in [-0.05, 0) is 39.2 Å². The van der Waals surface area contributed by atoms with Crippen molar-refractivity contribution >= 4 is 11.9 Å². The van der Waals surface area contributed by atoms with Crippen LogP contribution in [0.1, 0.15) is 111 Å². The Bertz CT molecular complexity index is 397. The third kappa shape index (κ3) is 20.8. The molecule has 0 aliphatic rings. The van der Waals surface area contributed by atoms with Gasteiger partial charge in [-0.25, -0.2) is 0 Å². The number of esters is 2. The van der Waals surface area contributed by atoms with E-state index >= 15 is 0 Å². The second-order valence-corrected chi connectivity index (χ2v) is 7.57. The summed E-state index contributed by atoms with van der Waals surface area (Å²) in [6, 6.07) is 0. The average Bonchev–Trinajstić information content (AvgIpc) is 2.62. The van der Waals surface area contributed by atoms with E-state index in [-0.39, 0.29) is 11.9 Å². The van der Waals surface area contributed by atoms with Gasteiger partial charge in [-0.3, -0.25) is 9.59 Å². The molecule has 0 rings (SSSR count). The molecule has 0 aromatic heterocycles. The van der Waals surface area contributed by atoms with Crippen LogP contribution in [0.3, 0.4) is 0 Å². The molecule has 0 atom stereocenters. The largest absolute Gasteiger partial charge is 0.466 e. The summed E-state index contributed by atoms with van der Waals surface area (Å²) in [6.07, 6.45) is 16.3. The van der Waals surface area contributed by atoms with Gasteiger partial charge in [0, 0.05) is 12.8 Å². The van der Waals surface area contributed by atoms with Crippen LogP contribution in [-0.2, 0) is 19.1 Å². The predicted molar refractivity (Wildman–Crippen MR) is 112 cm³/mol. The number of carbonyl (C=O) groups is 2. The molecule has 0 heterocycles. The Hall–Kier alpha value is -1.32. The van der Waals surface area contributed by atoms with E-state index in [0.717, 1.165) is 56.9 Å². The molecule has 0 bridgehead atoms. The van der Waals surface area contributed by atoms with Crippen molar-refractivity contribution in [3.8, 4) is 0 Å². The first kappa shape index (κ1) is 25.7. The Labute approximate surface area is 167 Å². The summed E-state index contributed by atoms with van der Waals surface area (Å²) < 4.78 is 10.4. The molecule has 0 amide bonds. The van der Waals surface area contributed by atoms with Crippen molar-refractivity contribution in [1.29, 1.82) is 0 Å². The van der Waals surface area contributed by atoms with Crippen LogP contribution >= 0.6 is 0 Å². The zero-order chi connectivity index (χ0) is 20.2. The minimum absolute atomic E-state index is 0.0531. The predicted octanol–water partition coefficient (Wildman–Crippen LogP) is 6.52. The number of allylic oxidation sites excluding steroid dienone is 1. The Balaban J connectivity index is 3.30. The highest BCUT2D eigenvalue weighted by atomic mass is 16.5. The van der Waals surface area contributed by atoms with E-state index in [1.807, 2.05) is 19.9 Å². The second kappa shape index (κ2) is 19.4. The first-order chi connectivity index (χ1) is 13.1. The van der Waals surface area contributed by atoms with Crippen LogP contribution in [-0.4, -0.2) is 25.2 Å². The Morgan fingerprint density at radius 2 is 1.15 bits per heavy atom. The van der Waals surface area contributed by atoms with Gasteiger partial charge in [0.05, 0.1) is 6.61 Å². The fraction of sp³-hybridized carbons (Fsp3) is 0.826. The first-order valence-electron chi connectivity index (χ1n) is 11.0. The molecule has 0 N–H and O–H groups in total. The van der Waals surface area contributed by atoms with Crippen molar-refractivity contribution < 1.29 is 19.1 Å². The number of rotatable bonds is 18. The maximum Gasteiger partial charge on any atom is 0.306 e. The minimum Gasteiger partial charge on any atom is -0.466 e. The molecule has 0 radical (unpaired) electrons. The Morgan fingerprint density at radius 1 is 0.667 bits per heavy atom. The fourth-order valence-corrected chi connectivity index (χ4v) is 2.76. The van der Waals surface area contributed by atoms with Gasteiger partial charge in [0.2, 0.25) is 0 Å². The third-order valence-electron chi connectivity index (χ3n) is 4.51. The van der Waals surface area contributed by atoms with Gasteiger partial charge >= 0.3 is 11.9 Å². The lowest BCUT2D eigenvalue weighted by molar-refractivity contribution is -0.144. The van der Waals surface area contributed by atoms with Crippen LogP contribution in [0, 0.1) is 0 Å². The maximum atomic E-state index is 11.6. The molecule has 0 aliphatic carbocycles. The zero-order valence-corrected chi connectivity index (χ0v) is 18.0. The fourth-order valence-electron chi connectivity index (χ4n) is 2.76. The molecule has 0 spiro atoms. The van der Waals surface area contributed by atoms with Crippen LogP contribution < -0.4 is 0 Å². The molecule has 27 heavy (non-hydrogen) atoms. The zero-order valence-electron chi connectivity index (χ0n) is 18.0. The highest BCUT2D eigenvalue weighted by molar-refractivity contribution is 5.69. The normalized spacial score (nSPS) is 10.5. The van der Waals surface area contributed by atoms with Crippen molar-refractivity contribution in [3.05, 3.63) is 11.6 Å². The lowest BCUT2D eigenvalue weighted by atomic mass is 10.1. The van der Waals surface area contributed by atoms with Gasteiger partial charge < -0.3 is 9.47 Å². The number of hydrogen-bond donors (Lipinski definition) is 0. The van der Waals surface area contributed by atoms with E-state index in [0.29, 0.717) is 26.1 Å². The number of ether oxygens (including phenoxy) is 2. The molecule has 4 nitrogen and oxygen atoms in total. The van der Waals surface area contributed by atoms with Gasteiger partial charge in [0.15, 0.2) is 0 Å². The van der Waals surface area contributed by atoms with Crippen molar-refractivity contribution in [2.45, 2.75) is 111 Å². The number of carbonyl (C=O) groups excluding carboxylic acids is 2. The molecule has 0 aliphatic heterocycles. The van der Waals surface area contributed by atoms with Crippen molar-refractivity contribution in [2.24, 2.45) is 0 Å². The summed E-state index contributed by atoms with van der Waals surface area (Å²) in [5.74, 6) is -0.164. The Morgan fingerprint density at radius 3 is 1.70 bits per heavy atom. The van der Waals surface area contributed by atoms with Crippen LogP contribution in [0.4, 0.5) is 0 Å². The lowest BCUT2D eigenvalue weighted by Gasteiger charge is -2.05. The van der Waals surface area contributed by atoms with Gasteiger partial charge in [0.25, 0.3) is 0 Å². The molecule has 158 valence electrons. The van der Waals surface area contributed by atoms with E-state index < -0.39 is 0 Å². The average molecular weight is 383 g/mol. The first-order valence-corrected chi connectivity index (χ1v) is 11.0. The monoisotopic (exact) mass is 382 g/mol. The molecule has 0 unspecified atom stereocenters. The van der Waals surface area contributed by atoms with Crippen LogP contribution in [0.15, 0.2) is 11.6 Å². The van der Waals surface area contributed by atoms with Gasteiger partial charge in [-0.2, -0.15) is 0 Å². The van der Waals surface area contributed by atoms with Crippen LogP contribution in [0.5, 0.6) is 0 Å². The van der Waals surface area contributed by atoms with E-state index in [9.17, 15) is 9.59 Å². The summed E-state index contributed by atoms with van der Waals surface area (Å²) in [7, 11) is 0. The molecular formula is C23H42O4. The van der Waals surface area contributed by atoms with Gasteiger partial charge in [-0.1, -0.05) is 70.3 Å². The summed E-state index contributed by atoms with van der Waals surface area (Å²) >= 11 is 0. The van der Waals surface area contributed by atoms with Gasteiger partial charge in [-0.15, -0.1) is 0 Å². The van der Waals surface area contributed by atoms with E-state index in [1.165, 1.54) is 25.7 Å². The molecule has 0 saturated carbocycles. The summed E-state index contributed by atoms with van der Waals surface area (Å²) in [5, 5.41) is 0. The summed E-state index contributed by atoms with van der Waals surface area (Å²) in [5.41, 5.74) is 1.16. The lowest BCUT2D eigenvalue weighted by Crippen LogP contribution is -2.05. The second-order valence-electron chi connectivity index (χ2n) is 7.57. The molecule has 0 saturated heterocycles. The summed E-state index contributed by atoms with van der Waals surface area (Å²) in [6.45, 7) is 7.16. The quantitative estimate of drug-likeness (QED) is 0.154. The summed E-state index contributed by atoms with van der Waals surface area (Å²) in [4.78, 5) is 23.1. The molecule has 0 aromatic carbocycles. The molecular weight excluding hydrogens is 340 g/mol. The topological polar surface area (TPSA) is 52.6 Å². The standard InChI is InChI=1S/C23H42O4/c1-4-5-6-7-12-15-19-26-22(24)16-13-10-8-9-11-14-17-23(25)27-20-18-21(2)3/h18H,4-17,19-20H2,1-3H3. The molecule has 0 fully saturated rings. The molecule has 0 aromatic rings. The van der Waals surface area contributed by atoms with Crippen molar-refractivity contribution in [2.75, 3.05) is 13.2 Å². The van der Waals surface area contributed by atoms with Crippen LogP contribution in [0.25, 0.3) is 0 Å². The highest BCUT2D eigenvalue weighted by Crippen LogP contribution is 2.10. The number of unbranched alkanes of at least 4 members (excludes halogenated alkanes) is 10. The van der Waals surface area contributed by atoms with Crippen LogP contribution in [0.2, 0.25) is 0 Å². The Kier molecular flexibility index (Phi) is 18.5. The third-order valence-corrected chi connectivity index (χ3v) is 4.51. The highest BCUT2D eigenvalue weighted by Gasteiger charge is 2.04. The maximum absolute atomic E-state index is 11.6. The minimum atomic E-state index is -0.111. The van der Waals surface area contributed by atoms with E-state index in [1.54, 1.807) is 0 Å². The van der Waals surface area contributed by atoms with Gasteiger partial charge in [0.1, 0.15) is 6.61 Å². The van der Waals surface area contributed by atoms with E-state index in [4.69, 9.17) is 9.47 Å². The smallest absolute Gasteiger partial charge is 0.306 e.